The van der Waals surface area contributed by atoms with Crippen LogP contribution in [0.15, 0.2) is 24.3 Å². The highest BCUT2D eigenvalue weighted by molar-refractivity contribution is 5.79. The van der Waals surface area contributed by atoms with Gasteiger partial charge >= 0.3 is 0 Å². The van der Waals surface area contributed by atoms with Crippen LogP contribution >= 0.6 is 0 Å². The predicted octanol–water partition coefficient (Wildman–Crippen LogP) is 1.86. The number of amides is 1. The molecule has 0 bridgehead atoms. The van der Waals surface area contributed by atoms with E-state index >= 15 is 0 Å². The summed E-state index contributed by atoms with van der Waals surface area (Å²) in [6.45, 7) is 2.24. The van der Waals surface area contributed by atoms with E-state index in [1.54, 1.807) is 7.11 Å². The summed E-state index contributed by atoms with van der Waals surface area (Å²) in [5.41, 5.74) is 6.68. The summed E-state index contributed by atoms with van der Waals surface area (Å²) in [4.78, 5) is 12.0. The van der Waals surface area contributed by atoms with Gasteiger partial charge in [0.2, 0.25) is 5.91 Å². The van der Waals surface area contributed by atoms with Crippen LogP contribution in [0.3, 0.4) is 0 Å². The molecule has 0 aliphatic heterocycles. The molecule has 1 aliphatic carbocycles. The van der Waals surface area contributed by atoms with Crippen molar-refractivity contribution in [3.05, 3.63) is 29.8 Å². The number of benzene rings is 1. The van der Waals surface area contributed by atoms with Gasteiger partial charge < -0.3 is 15.8 Å². The zero-order valence-corrected chi connectivity index (χ0v) is 11.6. The maximum absolute atomic E-state index is 12.0. The SMILES string of the molecule is COc1ccc(C(NC(=O)C(C)CN)C2CC2)cc1. The van der Waals surface area contributed by atoms with Crippen molar-refractivity contribution in [3.63, 3.8) is 0 Å². The van der Waals surface area contributed by atoms with Crippen LogP contribution in [0.25, 0.3) is 0 Å². The van der Waals surface area contributed by atoms with Gasteiger partial charge in [0, 0.05) is 12.5 Å². The first kappa shape index (κ1) is 13.9. The molecule has 1 aliphatic rings. The fourth-order valence-corrected chi connectivity index (χ4v) is 2.12. The Kier molecular flexibility index (Phi) is 4.43. The molecule has 4 nitrogen and oxygen atoms in total. The molecular weight excluding hydrogens is 240 g/mol. The van der Waals surface area contributed by atoms with Crippen LogP contribution in [0.5, 0.6) is 5.75 Å². The fourth-order valence-electron chi connectivity index (χ4n) is 2.12. The van der Waals surface area contributed by atoms with Crippen molar-refractivity contribution in [1.29, 1.82) is 0 Å². The van der Waals surface area contributed by atoms with Crippen LogP contribution in [0.1, 0.15) is 31.4 Å². The predicted molar refractivity (Wildman–Crippen MR) is 74.8 cm³/mol. The summed E-state index contributed by atoms with van der Waals surface area (Å²) >= 11 is 0. The standard InChI is InChI=1S/C15H22N2O2/c1-10(9-16)15(18)17-14(11-3-4-11)12-5-7-13(19-2)8-6-12/h5-8,10-11,14H,3-4,9,16H2,1-2H3,(H,17,18). The summed E-state index contributed by atoms with van der Waals surface area (Å²) < 4.78 is 5.16. The highest BCUT2D eigenvalue weighted by Crippen LogP contribution is 2.41. The second kappa shape index (κ2) is 6.06. The van der Waals surface area contributed by atoms with Gasteiger partial charge in [-0.05, 0) is 36.5 Å². The molecule has 1 aromatic carbocycles. The van der Waals surface area contributed by atoms with Gasteiger partial charge in [0.05, 0.1) is 13.2 Å². The maximum Gasteiger partial charge on any atom is 0.224 e. The molecule has 0 heterocycles. The molecule has 2 unspecified atom stereocenters. The van der Waals surface area contributed by atoms with Crippen molar-refractivity contribution in [1.82, 2.24) is 5.32 Å². The molecule has 1 amide bonds. The molecule has 2 atom stereocenters. The number of rotatable bonds is 6. The summed E-state index contributed by atoms with van der Waals surface area (Å²) in [6, 6.07) is 8.02. The minimum absolute atomic E-state index is 0.0372. The first-order chi connectivity index (χ1) is 9.15. The van der Waals surface area contributed by atoms with Gasteiger partial charge in [-0.2, -0.15) is 0 Å². The topological polar surface area (TPSA) is 64.3 Å². The Labute approximate surface area is 114 Å². The lowest BCUT2D eigenvalue weighted by Crippen LogP contribution is -2.36. The van der Waals surface area contributed by atoms with E-state index in [4.69, 9.17) is 10.5 Å². The Balaban J connectivity index is 2.08. The zero-order valence-electron chi connectivity index (χ0n) is 11.6. The Morgan fingerprint density at radius 2 is 2.05 bits per heavy atom. The quantitative estimate of drug-likeness (QED) is 0.822. The van der Waals surface area contributed by atoms with Crippen LogP contribution in [-0.4, -0.2) is 19.6 Å². The van der Waals surface area contributed by atoms with Crippen LogP contribution in [-0.2, 0) is 4.79 Å². The molecule has 0 saturated heterocycles. The van der Waals surface area contributed by atoms with Crippen molar-refractivity contribution < 1.29 is 9.53 Å². The molecule has 0 spiro atoms. The molecule has 1 saturated carbocycles. The monoisotopic (exact) mass is 262 g/mol. The lowest BCUT2D eigenvalue weighted by molar-refractivity contribution is -0.125. The number of ether oxygens (including phenoxy) is 1. The third kappa shape index (κ3) is 3.47. The van der Waals surface area contributed by atoms with Gasteiger partial charge in [-0.1, -0.05) is 19.1 Å². The zero-order chi connectivity index (χ0) is 13.8. The maximum atomic E-state index is 12.0. The number of hydrogen-bond donors (Lipinski definition) is 2. The van der Waals surface area contributed by atoms with E-state index in [1.807, 2.05) is 31.2 Å². The Bertz CT molecular complexity index is 426. The van der Waals surface area contributed by atoms with Gasteiger partial charge in [0.15, 0.2) is 0 Å². The number of nitrogens with one attached hydrogen (secondary N) is 1. The minimum atomic E-state index is -0.139. The average Bonchev–Trinajstić information content (AvgIpc) is 3.28. The molecule has 104 valence electrons. The largest absolute Gasteiger partial charge is 0.497 e. The van der Waals surface area contributed by atoms with Crippen molar-refractivity contribution in [2.24, 2.45) is 17.6 Å². The number of nitrogens with two attached hydrogens (primary N) is 1. The number of methoxy groups -OCH3 is 1. The van der Waals surface area contributed by atoms with E-state index in [0.717, 1.165) is 11.3 Å². The average molecular weight is 262 g/mol. The molecular formula is C15H22N2O2. The van der Waals surface area contributed by atoms with E-state index in [2.05, 4.69) is 5.32 Å². The van der Waals surface area contributed by atoms with Gasteiger partial charge in [0.25, 0.3) is 0 Å². The summed E-state index contributed by atoms with van der Waals surface area (Å²) in [5, 5.41) is 3.12. The van der Waals surface area contributed by atoms with Crippen LogP contribution < -0.4 is 15.8 Å². The molecule has 0 radical (unpaired) electrons. The summed E-state index contributed by atoms with van der Waals surface area (Å²) in [6.07, 6.45) is 2.35. The number of carbonyl (C=O) groups excluding carboxylic acids is 1. The van der Waals surface area contributed by atoms with Gasteiger partial charge in [-0.25, -0.2) is 0 Å². The Morgan fingerprint density at radius 3 is 2.53 bits per heavy atom. The third-order valence-corrected chi connectivity index (χ3v) is 3.67. The molecule has 2 rings (SSSR count). The second-order valence-corrected chi connectivity index (χ2v) is 5.23. The normalized spacial score (nSPS) is 17.6. The van der Waals surface area contributed by atoms with Crippen LogP contribution in [0, 0.1) is 11.8 Å². The minimum Gasteiger partial charge on any atom is -0.497 e. The summed E-state index contributed by atoms with van der Waals surface area (Å²) in [7, 11) is 1.65. The molecule has 19 heavy (non-hydrogen) atoms. The first-order valence-corrected chi connectivity index (χ1v) is 6.80. The first-order valence-electron chi connectivity index (χ1n) is 6.80. The van der Waals surface area contributed by atoms with Crippen LogP contribution in [0.4, 0.5) is 0 Å². The Hall–Kier alpha value is -1.55. The van der Waals surface area contributed by atoms with Gasteiger partial charge in [-0.3, -0.25) is 4.79 Å². The van der Waals surface area contributed by atoms with E-state index in [-0.39, 0.29) is 17.9 Å². The van der Waals surface area contributed by atoms with E-state index in [0.29, 0.717) is 12.5 Å². The van der Waals surface area contributed by atoms with Crippen molar-refractivity contribution in [3.8, 4) is 5.75 Å². The lowest BCUT2D eigenvalue weighted by atomic mass is 10.0. The highest BCUT2D eigenvalue weighted by atomic mass is 16.5. The van der Waals surface area contributed by atoms with E-state index < -0.39 is 0 Å². The lowest BCUT2D eigenvalue weighted by Gasteiger charge is -2.21. The van der Waals surface area contributed by atoms with Crippen molar-refractivity contribution in [2.75, 3.05) is 13.7 Å². The molecule has 0 aromatic heterocycles. The number of hydrogen-bond acceptors (Lipinski definition) is 3. The number of carbonyl (C=O) groups is 1. The smallest absolute Gasteiger partial charge is 0.224 e. The highest BCUT2D eigenvalue weighted by Gasteiger charge is 2.33. The summed E-state index contributed by atoms with van der Waals surface area (Å²) in [5.74, 6) is 1.29. The van der Waals surface area contributed by atoms with Gasteiger partial charge in [0.1, 0.15) is 5.75 Å². The third-order valence-electron chi connectivity index (χ3n) is 3.67. The molecule has 1 aromatic rings. The van der Waals surface area contributed by atoms with Crippen LogP contribution in [0.2, 0.25) is 0 Å². The van der Waals surface area contributed by atoms with E-state index in [1.165, 1.54) is 12.8 Å². The molecule has 3 N–H and O–H groups in total. The fraction of sp³-hybridized carbons (Fsp3) is 0.533. The molecule has 4 heteroatoms. The second-order valence-electron chi connectivity index (χ2n) is 5.23. The van der Waals surface area contributed by atoms with Crippen molar-refractivity contribution >= 4 is 5.91 Å². The molecule has 1 fully saturated rings. The van der Waals surface area contributed by atoms with Gasteiger partial charge in [-0.15, -0.1) is 0 Å². The Morgan fingerprint density at radius 1 is 1.42 bits per heavy atom. The van der Waals surface area contributed by atoms with Crippen molar-refractivity contribution in [2.45, 2.75) is 25.8 Å². The van der Waals surface area contributed by atoms with E-state index in [9.17, 15) is 4.79 Å².